The third-order valence-electron chi connectivity index (χ3n) is 2.93. The molecule has 0 radical (unpaired) electrons. The van der Waals surface area contributed by atoms with E-state index in [1.54, 1.807) is 11.8 Å². The second-order valence-corrected chi connectivity index (χ2v) is 4.46. The number of carbonyl (C=O) groups excluding carboxylic acids is 2. The van der Waals surface area contributed by atoms with Crippen molar-refractivity contribution in [2.24, 2.45) is 5.73 Å². The zero-order valence-electron chi connectivity index (χ0n) is 10.8. The number of amides is 3. The van der Waals surface area contributed by atoms with Crippen LogP contribution in [0.3, 0.4) is 0 Å². The van der Waals surface area contributed by atoms with Gasteiger partial charge in [0.15, 0.2) is 0 Å². The molecule has 8 heteroatoms. The van der Waals surface area contributed by atoms with E-state index in [4.69, 9.17) is 15.6 Å². The number of nitrogens with one attached hydrogen (secondary N) is 1. The zero-order chi connectivity index (χ0) is 14.4. The Morgan fingerprint density at radius 3 is 2.47 bits per heavy atom. The number of hydrogen-bond donors (Lipinski definition) is 3. The number of urea groups is 1. The fourth-order valence-corrected chi connectivity index (χ4v) is 1.98. The van der Waals surface area contributed by atoms with E-state index in [1.165, 1.54) is 0 Å². The smallest absolute Gasteiger partial charge is 0.329 e. The minimum Gasteiger partial charge on any atom is -0.480 e. The molecule has 19 heavy (non-hydrogen) atoms. The second-order valence-electron chi connectivity index (χ2n) is 4.46. The number of rotatable bonds is 5. The average molecular weight is 273 g/mol. The largest absolute Gasteiger partial charge is 0.480 e. The number of primary amides is 1. The summed E-state index contributed by atoms with van der Waals surface area (Å²) in [5.41, 5.74) is 4.95. The first-order valence-electron chi connectivity index (χ1n) is 6.08. The molecule has 1 rings (SSSR count). The lowest BCUT2D eigenvalue weighted by molar-refractivity contribution is -0.147. The molecule has 1 saturated heterocycles. The maximum Gasteiger partial charge on any atom is 0.329 e. The molecule has 0 saturated carbocycles. The normalized spacial score (nSPS) is 17.8. The van der Waals surface area contributed by atoms with E-state index in [2.05, 4.69) is 5.32 Å². The lowest BCUT2D eigenvalue weighted by atomic mass is 10.1. The molecule has 1 unspecified atom stereocenters. The van der Waals surface area contributed by atoms with E-state index < -0.39 is 18.0 Å². The molecule has 0 spiro atoms. The summed E-state index contributed by atoms with van der Waals surface area (Å²) in [7, 11) is 0. The highest BCUT2D eigenvalue weighted by atomic mass is 16.5. The summed E-state index contributed by atoms with van der Waals surface area (Å²) in [4.78, 5) is 34.6. The highest BCUT2D eigenvalue weighted by Crippen LogP contribution is 2.14. The molecule has 0 aromatic carbocycles. The molecule has 3 amide bonds. The van der Waals surface area contributed by atoms with E-state index in [0.29, 0.717) is 25.9 Å². The number of likely N-dealkylation sites (tertiary alicyclic amines) is 1. The van der Waals surface area contributed by atoms with E-state index in [9.17, 15) is 14.4 Å². The quantitative estimate of drug-likeness (QED) is 0.601. The third kappa shape index (κ3) is 5.12. The van der Waals surface area contributed by atoms with Crippen molar-refractivity contribution in [1.82, 2.24) is 10.2 Å². The van der Waals surface area contributed by atoms with Gasteiger partial charge < -0.3 is 25.8 Å². The van der Waals surface area contributed by atoms with Crippen LogP contribution in [0.5, 0.6) is 0 Å². The molecule has 0 aliphatic carbocycles. The van der Waals surface area contributed by atoms with E-state index in [-0.39, 0.29) is 18.6 Å². The molecule has 1 aliphatic heterocycles. The number of nitrogens with two attached hydrogens (primary N) is 1. The van der Waals surface area contributed by atoms with E-state index in [1.807, 2.05) is 0 Å². The molecular formula is C11H19N3O5. The van der Waals surface area contributed by atoms with Crippen molar-refractivity contribution in [3.8, 4) is 0 Å². The number of carboxylic acid groups (broad SMARTS) is 1. The van der Waals surface area contributed by atoms with Crippen LogP contribution in [0.4, 0.5) is 4.79 Å². The molecule has 108 valence electrons. The lowest BCUT2D eigenvalue weighted by Gasteiger charge is -2.33. The predicted octanol–water partition coefficient (Wildman–Crippen LogP) is -0.865. The summed E-state index contributed by atoms with van der Waals surface area (Å²) >= 11 is 0. The number of carboxylic acids is 1. The van der Waals surface area contributed by atoms with Crippen molar-refractivity contribution in [2.75, 3.05) is 19.7 Å². The van der Waals surface area contributed by atoms with Crippen molar-refractivity contribution in [3.63, 3.8) is 0 Å². The Hall–Kier alpha value is -1.83. The van der Waals surface area contributed by atoms with Gasteiger partial charge in [0.1, 0.15) is 12.6 Å². The first-order valence-corrected chi connectivity index (χ1v) is 6.08. The molecule has 0 aromatic heterocycles. The van der Waals surface area contributed by atoms with Crippen LogP contribution < -0.4 is 11.1 Å². The van der Waals surface area contributed by atoms with Gasteiger partial charge >= 0.3 is 12.0 Å². The first kappa shape index (κ1) is 15.2. The van der Waals surface area contributed by atoms with Gasteiger partial charge in [0, 0.05) is 13.1 Å². The minimum absolute atomic E-state index is 0.139. The minimum atomic E-state index is -1.00. The van der Waals surface area contributed by atoms with Gasteiger partial charge in [-0.15, -0.1) is 0 Å². The Labute approximate surface area is 110 Å². The SMILES string of the molecule is CC(NC(N)=O)C(=O)N1CCC(OCC(=O)O)CC1. The molecule has 0 bridgehead atoms. The standard InChI is InChI=1S/C11H19N3O5/c1-7(13-11(12)18)10(17)14-4-2-8(3-5-14)19-6-9(15)16/h7-8H,2-6H2,1H3,(H,15,16)(H3,12,13,18). The van der Waals surface area contributed by atoms with Crippen molar-refractivity contribution >= 4 is 17.9 Å². The van der Waals surface area contributed by atoms with Crippen LogP contribution in [0.25, 0.3) is 0 Å². The van der Waals surface area contributed by atoms with Crippen LogP contribution >= 0.6 is 0 Å². The van der Waals surface area contributed by atoms with E-state index >= 15 is 0 Å². The number of ether oxygens (including phenoxy) is 1. The van der Waals surface area contributed by atoms with Gasteiger partial charge in [-0.2, -0.15) is 0 Å². The third-order valence-corrected chi connectivity index (χ3v) is 2.93. The number of carbonyl (C=O) groups is 3. The van der Waals surface area contributed by atoms with Crippen LogP contribution in [0, 0.1) is 0 Å². The van der Waals surface area contributed by atoms with Gasteiger partial charge in [-0.05, 0) is 19.8 Å². The summed E-state index contributed by atoms with van der Waals surface area (Å²) in [6.07, 6.45) is 1.03. The summed E-state index contributed by atoms with van der Waals surface area (Å²) in [5.74, 6) is -1.20. The molecule has 1 aliphatic rings. The van der Waals surface area contributed by atoms with Crippen molar-refractivity contribution in [2.45, 2.75) is 31.9 Å². The van der Waals surface area contributed by atoms with Crippen LogP contribution in [0.2, 0.25) is 0 Å². The average Bonchev–Trinajstić information content (AvgIpc) is 2.35. The first-order chi connectivity index (χ1) is 8.90. The molecule has 1 fully saturated rings. The molecule has 8 nitrogen and oxygen atoms in total. The number of nitrogens with zero attached hydrogens (tertiary/aromatic N) is 1. The Kier molecular flexibility index (Phi) is 5.56. The zero-order valence-corrected chi connectivity index (χ0v) is 10.8. The van der Waals surface area contributed by atoms with Crippen LogP contribution in [0.1, 0.15) is 19.8 Å². The predicted molar refractivity (Wildman–Crippen MR) is 65.4 cm³/mol. The topological polar surface area (TPSA) is 122 Å². The maximum atomic E-state index is 11.9. The Bertz CT molecular complexity index is 352. The van der Waals surface area contributed by atoms with Crippen LogP contribution in [-0.4, -0.2) is 59.8 Å². The summed E-state index contributed by atoms with van der Waals surface area (Å²) in [5, 5.41) is 10.8. The Morgan fingerprint density at radius 1 is 1.42 bits per heavy atom. The van der Waals surface area contributed by atoms with Gasteiger partial charge in [0.25, 0.3) is 0 Å². The Morgan fingerprint density at radius 2 is 2.00 bits per heavy atom. The highest BCUT2D eigenvalue weighted by molar-refractivity contribution is 5.86. The molecule has 1 atom stereocenters. The van der Waals surface area contributed by atoms with Gasteiger partial charge in [-0.25, -0.2) is 9.59 Å². The Balaban J connectivity index is 2.34. The highest BCUT2D eigenvalue weighted by Gasteiger charge is 2.27. The number of aliphatic carboxylic acids is 1. The van der Waals surface area contributed by atoms with E-state index in [0.717, 1.165) is 0 Å². The number of piperidine rings is 1. The van der Waals surface area contributed by atoms with Crippen molar-refractivity contribution in [3.05, 3.63) is 0 Å². The fraction of sp³-hybridized carbons (Fsp3) is 0.727. The van der Waals surface area contributed by atoms with Gasteiger partial charge in [0.05, 0.1) is 6.10 Å². The van der Waals surface area contributed by atoms with Crippen molar-refractivity contribution < 1.29 is 24.2 Å². The summed E-state index contributed by atoms with van der Waals surface area (Å²) < 4.78 is 5.17. The molecule has 0 aromatic rings. The summed E-state index contributed by atoms with van der Waals surface area (Å²) in [6, 6.07) is -1.39. The van der Waals surface area contributed by atoms with Gasteiger partial charge in [0.2, 0.25) is 5.91 Å². The van der Waals surface area contributed by atoms with Gasteiger partial charge in [-0.1, -0.05) is 0 Å². The molecule has 1 heterocycles. The lowest BCUT2D eigenvalue weighted by Crippen LogP contribution is -2.51. The van der Waals surface area contributed by atoms with Crippen molar-refractivity contribution in [1.29, 1.82) is 0 Å². The fourth-order valence-electron chi connectivity index (χ4n) is 1.98. The number of hydrogen-bond acceptors (Lipinski definition) is 4. The summed E-state index contributed by atoms with van der Waals surface area (Å²) in [6.45, 7) is 2.21. The molecular weight excluding hydrogens is 254 g/mol. The molecule has 4 N–H and O–H groups in total. The van der Waals surface area contributed by atoms with Gasteiger partial charge in [-0.3, -0.25) is 4.79 Å². The van der Waals surface area contributed by atoms with Crippen LogP contribution in [0.15, 0.2) is 0 Å². The van der Waals surface area contributed by atoms with Crippen LogP contribution in [-0.2, 0) is 14.3 Å². The maximum absolute atomic E-state index is 11.9. The second kappa shape index (κ2) is 6.93. The monoisotopic (exact) mass is 273 g/mol.